The first-order chi connectivity index (χ1) is 5.37. The van der Waals surface area contributed by atoms with Crippen molar-refractivity contribution >= 4 is 0 Å². The highest BCUT2D eigenvalue weighted by Crippen LogP contribution is 2.58. The molecule has 2 heterocycles. The average molecular weight is 153 g/mol. The van der Waals surface area contributed by atoms with Crippen LogP contribution in [0, 0.1) is 10.8 Å². The van der Waals surface area contributed by atoms with Crippen LogP contribution in [0.5, 0.6) is 0 Å². The van der Waals surface area contributed by atoms with Crippen LogP contribution in [-0.4, -0.2) is 26.3 Å². The average Bonchev–Trinajstić information content (AvgIpc) is 2.40. The number of hydrogen-bond acceptors (Lipinski definition) is 2. The van der Waals surface area contributed by atoms with Crippen molar-refractivity contribution in [2.75, 3.05) is 26.3 Å². The molecular formula is C9H15NO. The molecule has 0 aromatic heterocycles. The van der Waals surface area contributed by atoms with Crippen LogP contribution in [0.4, 0.5) is 0 Å². The molecule has 0 aromatic carbocycles. The molecule has 62 valence electrons. The Labute approximate surface area is 67.3 Å². The summed E-state index contributed by atoms with van der Waals surface area (Å²) in [5.74, 6) is 0. The first kappa shape index (κ1) is 6.44. The van der Waals surface area contributed by atoms with Crippen LogP contribution in [0.3, 0.4) is 0 Å². The van der Waals surface area contributed by atoms with Gasteiger partial charge >= 0.3 is 0 Å². The van der Waals surface area contributed by atoms with Crippen molar-refractivity contribution in [3.63, 3.8) is 0 Å². The molecule has 2 saturated heterocycles. The maximum atomic E-state index is 5.62. The Morgan fingerprint density at radius 1 is 1.00 bits per heavy atom. The molecule has 0 amide bonds. The molecule has 0 radical (unpaired) electrons. The van der Waals surface area contributed by atoms with E-state index < -0.39 is 0 Å². The smallest absolute Gasteiger partial charge is 0.0541 e. The zero-order chi connectivity index (χ0) is 7.36. The molecule has 1 N–H and O–H groups in total. The Hall–Kier alpha value is -0.0800. The highest BCUT2D eigenvalue weighted by Gasteiger charge is 2.61. The highest BCUT2D eigenvalue weighted by atomic mass is 16.5. The van der Waals surface area contributed by atoms with Crippen LogP contribution in [0.15, 0.2) is 0 Å². The van der Waals surface area contributed by atoms with Crippen molar-refractivity contribution in [3.8, 4) is 0 Å². The second kappa shape index (κ2) is 1.80. The zero-order valence-electron chi connectivity index (χ0n) is 6.86. The summed E-state index contributed by atoms with van der Waals surface area (Å²) in [5, 5.41) is 3.53. The molecule has 2 heteroatoms. The lowest BCUT2D eigenvalue weighted by Gasteiger charge is -2.29. The Morgan fingerprint density at radius 2 is 1.64 bits per heavy atom. The fourth-order valence-corrected chi connectivity index (χ4v) is 3.38. The summed E-state index contributed by atoms with van der Waals surface area (Å²) in [6.07, 6.45) is 4.24. The third-order valence-corrected chi connectivity index (χ3v) is 4.12. The first-order valence-corrected chi connectivity index (χ1v) is 4.66. The van der Waals surface area contributed by atoms with Gasteiger partial charge in [-0.1, -0.05) is 6.42 Å². The summed E-state index contributed by atoms with van der Waals surface area (Å²) in [7, 11) is 0. The van der Waals surface area contributed by atoms with Gasteiger partial charge in [0.15, 0.2) is 0 Å². The molecule has 2 atom stereocenters. The maximum absolute atomic E-state index is 5.62. The standard InChI is InChI=1S/C9H15NO/c1-2-8-4-10-5-9(8,3-1)7-11-6-8/h10H,1-7H2. The van der Waals surface area contributed by atoms with Crippen molar-refractivity contribution in [1.29, 1.82) is 0 Å². The molecule has 0 aromatic rings. The molecule has 3 fully saturated rings. The molecule has 3 rings (SSSR count). The fourth-order valence-electron chi connectivity index (χ4n) is 3.38. The van der Waals surface area contributed by atoms with Crippen LogP contribution in [0.1, 0.15) is 19.3 Å². The summed E-state index contributed by atoms with van der Waals surface area (Å²) < 4.78 is 5.62. The van der Waals surface area contributed by atoms with E-state index in [1.807, 2.05) is 0 Å². The van der Waals surface area contributed by atoms with Gasteiger partial charge in [0.2, 0.25) is 0 Å². The lowest BCUT2D eigenvalue weighted by atomic mass is 9.71. The van der Waals surface area contributed by atoms with Crippen LogP contribution in [0.25, 0.3) is 0 Å². The van der Waals surface area contributed by atoms with Gasteiger partial charge in [0.1, 0.15) is 0 Å². The molecule has 11 heavy (non-hydrogen) atoms. The Balaban J connectivity index is 2.06. The first-order valence-electron chi connectivity index (χ1n) is 4.66. The number of nitrogens with one attached hydrogen (secondary N) is 1. The lowest BCUT2D eigenvalue weighted by molar-refractivity contribution is 0.141. The van der Waals surface area contributed by atoms with E-state index in [4.69, 9.17) is 4.74 Å². The summed E-state index contributed by atoms with van der Waals surface area (Å²) in [5.41, 5.74) is 1.12. The molecule has 0 bridgehead atoms. The second-order valence-electron chi connectivity index (χ2n) is 4.51. The maximum Gasteiger partial charge on any atom is 0.0541 e. The summed E-state index contributed by atoms with van der Waals surface area (Å²) in [6, 6.07) is 0. The normalized spacial score (nSPS) is 54.5. The lowest BCUT2D eigenvalue weighted by Crippen LogP contribution is -2.34. The summed E-state index contributed by atoms with van der Waals surface area (Å²) in [4.78, 5) is 0. The molecule has 3 aliphatic rings. The van der Waals surface area contributed by atoms with Crippen LogP contribution in [0.2, 0.25) is 0 Å². The third-order valence-electron chi connectivity index (χ3n) is 4.12. The van der Waals surface area contributed by atoms with E-state index in [1.54, 1.807) is 0 Å². The van der Waals surface area contributed by atoms with Gasteiger partial charge in [0, 0.05) is 23.9 Å². The highest BCUT2D eigenvalue weighted by molar-refractivity contribution is 5.12. The second-order valence-corrected chi connectivity index (χ2v) is 4.51. The van der Waals surface area contributed by atoms with Gasteiger partial charge < -0.3 is 10.1 Å². The van der Waals surface area contributed by atoms with E-state index in [0.29, 0.717) is 10.8 Å². The molecule has 2 nitrogen and oxygen atoms in total. The topological polar surface area (TPSA) is 21.3 Å². The summed E-state index contributed by atoms with van der Waals surface area (Å²) >= 11 is 0. The van der Waals surface area contributed by atoms with Crippen LogP contribution in [-0.2, 0) is 4.74 Å². The Bertz CT molecular complexity index is 143. The minimum absolute atomic E-state index is 0.562. The molecule has 2 aliphatic heterocycles. The number of hydrogen-bond donors (Lipinski definition) is 1. The molecule has 1 aliphatic carbocycles. The Morgan fingerprint density at radius 3 is 2.27 bits per heavy atom. The van der Waals surface area contributed by atoms with Crippen molar-refractivity contribution in [2.45, 2.75) is 19.3 Å². The van der Waals surface area contributed by atoms with Crippen molar-refractivity contribution in [3.05, 3.63) is 0 Å². The van der Waals surface area contributed by atoms with Crippen molar-refractivity contribution in [2.24, 2.45) is 10.8 Å². The van der Waals surface area contributed by atoms with Gasteiger partial charge in [-0.25, -0.2) is 0 Å². The van der Waals surface area contributed by atoms with Gasteiger partial charge in [0.05, 0.1) is 13.2 Å². The monoisotopic (exact) mass is 153 g/mol. The van der Waals surface area contributed by atoms with Crippen molar-refractivity contribution < 1.29 is 4.74 Å². The quantitative estimate of drug-likeness (QED) is 0.555. The minimum Gasteiger partial charge on any atom is -0.380 e. The molecular weight excluding hydrogens is 138 g/mol. The fraction of sp³-hybridized carbons (Fsp3) is 1.00. The number of rotatable bonds is 0. The van der Waals surface area contributed by atoms with E-state index in [9.17, 15) is 0 Å². The molecule has 1 saturated carbocycles. The SMILES string of the molecule is C1CC23CNCC2(C1)COC3. The van der Waals surface area contributed by atoms with Gasteiger partial charge in [-0.15, -0.1) is 0 Å². The van der Waals surface area contributed by atoms with Crippen LogP contribution < -0.4 is 5.32 Å². The zero-order valence-corrected chi connectivity index (χ0v) is 6.86. The van der Waals surface area contributed by atoms with Gasteiger partial charge in [-0.2, -0.15) is 0 Å². The van der Waals surface area contributed by atoms with Gasteiger partial charge in [-0.3, -0.25) is 0 Å². The van der Waals surface area contributed by atoms with E-state index in [0.717, 1.165) is 13.2 Å². The Kier molecular flexibility index (Phi) is 1.06. The molecule has 2 unspecified atom stereocenters. The minimum atomic E-state index is 0.562. The van der Waals surface area contributed by atoms with E-state index in [1.165, 1.54) is 32.4 Å². The molecule has 0 spiro atoms. The van der Waals surface area contributed by atoms with E-state index >= 15 is 0 Å². The van der Waals surface area contributed by atoms with E-state index in [-0.39, 0.29) is 0 Å². The van der Waals surface area contributed by atoms with E-state index in [2.05, 4.69) is 5.32 Å². The largest absolute Gasteiger partial charge is 0.380 e. The van der Waals surface area contributed by atoms with Gasteiger partial charge in [-0.05, 0) is 12.8 Å². The van der Waals surface area contributed by atoms with Crippen LogP contribution >= 0.6 is 0 Å². The predicted octanol–water partition coefficient (Wildman–Crippen LogP) is 0.776. The number of ether oxygens (including phenoxy) is 1. The van der Waals surface area contributed by atoms with Crippen molar-refractivity contribution in [1.82, 2.24) is 5.32 Å². The predicted molar refractivity (Wildman–Crippen MR) is 42.4 cm³/mol. The summed E-state index contributed by atoms with van der Waals surface area (Å²) in [6.45, 7) is 4.49. The van der Waals surface area contributed by atoms with Gasteiger partial charge in [0.25, 0.3) is 0 Å². The third kappa shape index (κ3) is 0.574.